The van der Waals surface area contributed by atoms with Gasteiger partial charge in [0.25, 0.3) is 0 Å². The van der Waals surface area contributed by atoms with Gasteiger partial charge in [0, 0.05) is 30.1 Å². The molecular weight excluding hydrogens is 296 g/mol. The highest BCUT2D eigenvalue weighted by molar-refractivity contribution is 6.30. The lowest BCUT2D eigenvalue weighted by Crippen LogP contribution is -2.07. The van der Waals surface area contributed by atoms with Crippen LogP contribution in [0, 0.1) is 25.2 Å². The highest BCUT2D eigenvalue weighted by atomic mass is 35.5. The van der Waals surface area contributed by atoms with Crippen LogP contribution in [-0.2, 0) is 11.3 Å². The normalized spacial score (nSPS) is 11.5. The lowest BCUT2D eigenvalue weighted by molar-refractivity contribution is 0.186. The van der Waals surface area contributed by atoms with Crippen molar-refractivity contribution in [1.82, 2.24) is 4.57 Å². The minimum atomic E-state index is 0.628. The summed E-state index contributed by atoms with van der Waals surface area (Å²) in [5.41, 5.74) is 4.85. The Morgan fingerprint density at radius 3 is 2.59 bits per heavy atom. The number of hydrogen-bond acceptors (Lipinski definition) is 2. The van der Waals surface area contributed by atoms with Gasteiger partial charge in [-0.15, -0.1) is 0 Å². The SMILES string of the molecule is COCCn1c(C)cc(/C=C(/C#N)c2ccc(Cl)cc2)c1C. The molecule has 0 atom stereocenters. The van der Waals surface area contributed by atoms with E-state index in [1.807, 2.05) is 18.2 Å². The quantitative estimate of drug-likeness (QED) is 0.764. The maximum absolute atomic E-state index is 9.44. The van der Waals surface area contributed by atoms with E-state index in [2.05, 4.69) is 30.6 Å². The highest BCUT2D eigenvalue weighted by Gasteiger charge is 2.09. The van der Waals surface area contributed by atoms with Gasteiger partial charge in [0.05, 0.1) is 18.2 Å². The fourth-order valence-electron chi connectivity index (χ4n) is 2.47. The van der Waals surface area contributed by atoms with Crippen molar-refractivity contribution in [2.45, 2.75) is 20.4 Å². The van der Waals surface area contributed by atoms with Gasteiger partial charge < -0.3 is 9.30 Å². The monoisotopic (exact) mass is 314 g/mol. The molecule has 1 heterocycles. The van der Waals surface area contributed by atoms with Crippen molar-refractivity contribution >= 4 is 23.3 Å². The zero-order valence-corrected chi connectivity index (χ0v) is 13.8. The number of halogens is 1. The van der Waals surface area contributed by atoms with E-state index in [4.69, 9.17) is 16.3 Å². The van der Waals surface area contributed by atoms with Crippen molar-refractivity contribution in [3.8, 4) is 6.07 Å². The molecule has 0 bridgehead atoms. The largest absolute Gasteiger partial charge is 0.383 e. The molecule has 22 heavy (non-hydrogen) atoms. The van der Waals surface area contributed by atoms with Crippen LogP contribution in [0.4, 0.5) is 0 Å². The van der Waals surface area contributed by atoms with Crippen LogP contribution in [-0.4, -0.2) is 18.3 Å². The lowest BCUT2D eigenvalue weighted by atomic mass is 10.0. The van der Waals surface area contributed by atoms with E-state index in [0.717, 1.165) is 29.1 Å². The summed E-state index contributed by atoms with van der Waals surface area (Å²) in [7, 11) is 1.70. The van der Waals surface area contributed by atoms with Crippen molar-refractivity contribution in [3.63, 3.8) is 0 Å². The van der Waals surface area contributed by atoms with Crippen LogP contribution < -0.4 is 0 Å². The maximum atomic E-state index is 9.44. The number of rotatable bonds is 5. The van der Waals surface area contributed by atoms with E-state index in [1.165, 1.54) is 0 Å². The van der Waals surface area contributed by atoms with Gasteiger partial charge in [0.15, 0.2) is 0 Å². The summed E-state index contributed by atoms with van der Waals surface area (Å²) in [5, 5.41) is 10.1. The average molecular weight is 315 g/mol. The molecule has 0 aliphatic rings. The van der Waals surface area contributed by atoms with Gasteiger partial charge in [-0.2, -0.15) is 5.26 Å². The molecule has 1 aromatic heterocycles. The Balaban J connectivity index is 2.38. The number of ether oxygens (including phenoxy) is 1. The van der Waals surface area contributed by atoms with Crippen LogP contribution in [0.3, 0.4) is 0 Å². The predicted octanol–water partition coefficient (Wildman–Crippen LogP) is 4.47. The van der Waals surface area contributed by atoms with E-state index in [9.17, 15) is 5.26 Å². The van der Waals surface area contributed by atoms with Crippen molar-refractivity contribution in [1.29, 1.82) is 5.26 Å². The average Bonchev–Trinajstić information content (AvgIpc) is 2.78. The third-order valence-electron chi connectivity index (χ3n) is 3.71. The van der Waals surface area contributed by atoms with Gasteiger partial charge in [0.2, 0.25) is 0 Å². The van der Waals surface area contributed by atoms with Crippen LogP contribution in [0.25, 0.3) is 11.6 Å². The first-order valence-electron chi connectivity index (χ1n) is 7.10. The van der Waals surface area contributed by atoms with Crippen LogP contribution in [0.15, 0.2) is 30.3 Å². The number of benzene rings is 1. The molecule has 0 saturated carbocycles. The third kappa shape index (κ3) is 3.59. The van der Waals surface area contributed by atoms with Crippen LogP contribution >= 0.6 is 11.6 Å². The summed E-state index contributed by atoms with van der Waals surface area (Å²) in [6.07, 6.45) is 1.93. The number of nitrogens with zero attached hydrogens (tertiary/aromatic N) is 2. The van der Waals surface area contributed by atoms with Gasteiger partial charge in [-0.3, -0.25) is 0 Å². The Hall–Kier alpha value is -2.02. The first kappa shape index (κ1) is 16.4. The summed E-state index contributed by atoms with van der Waals surface area (Å²) in [4.78, 5) is 0. The molecule has 0 amide bonds. The minimum absolute atomic E-state index is 0.628. The predicted molar refractivity (Wildman–Crippen MR) is 90.7 cm³/mol. The topological polar surface area (TPSA) is 38.0 Å². The second-order valence-corrected chi connectivity index (χ2v) is 5.58. The highest BCUT2D eigenvalue weighted by Crippen LogP contribution is 2.23. The van der Waals surface area contributed by atoms with Crippen molar-refractivity contribution in [2.75, 3.05) is 13.7 Å². The molecule has 2 rings (SSSR count). The lowest BCUT2D eigenvalue weighted by Gasteiger charge is -2.08. The van der Waals surface area contributed by atoms with Gasteiger partial charge >= 0.3 is 0 Å². The molecule has 3 nitrogen and oxygen atoms in total. The van der Waals surface area contributed by atoms with E-state index in [1.54, 1.807) is 19.2 Å². The van der Waals surface area contributed by atoms with Crippen molar-refractivity contribution < 1.29 is 4.74 Å². The molecule has 0 unspecified atom stereocenters. The molecule has 1 aromatic carbocycles. The second-order valence-electron chi connectivity index (χ2n) is 5.15. The smallest absolute Gasteiger partial charge is 0.0998 e. The van der Waals surface area contributed by atoms with E-state index < -0.39 is 0 Å². The van der Waals surface area contributed by atoms with Gasteiger partial charge in [-0.1, -0.05) is 23.7 Å². The van der Waals surface area contributed by atoms with E-state index in [0.29, 0.717) is 17.2 Å². The molecular formula is C18H19ClN2O. The van der Waals surface area contributed by atoms with E-state index >= 15 is 0 Å². The number of allylic oxidation sites excluding steroid dienone is 1. The molecule has 114 valence electrons. The fourth-order valence-corrected chi connectivity index (χ4v) is 2.59. The van der Waals surface area contributed by atoms with Crippen molar-refractivity contribution in [2.24, 2.45) is 0 Å². The Morgan fingerprint density at radius 2 is 2.00 bits per heavy atom. The molecule has 0 N–H and O–H groups in total. The third-order valence-corrected chi connectivity index (χ3v) is 3.96. The summed E-state index contributed by atoms with van der Waals surface area (Å²) in [6, 6.07) is 11.7. The first-order chi connectivity index (χ1) is 10.6. The molecule has 0 spiro atoms. The number of hydrogen-bond donors (Lipinski definition) is 0. The molecule has 0 aliphatic carbocycles. The zero-order valence-electron chi connectivity index (χ0n) is 13.1. The molecule has 0 aliphatic heterocycles. The molecule has 2 aromatic rings. The Kier molecular flexibility index (Phi) is 5.43. The Bertz CT molecular complexity index is 721. The standard InChI is InChI=1S/C18H19ClN2O/c1-13-10-16(14(2)21(13)8-9-22-3)11-17(12-20)15-4-6-18(19)7-5-15/h4-7,10-11H,8-9H2,1-3H3/b17-11-. The van der Waals surface area contributed by atoms with Crippen LogP contribution in [0.2, 0.25) is 5.02 Å². The zero-order chi connectivity index (χ0) is 16.1. The maximum Gasteiger partial charge on any atom is 0.0998 e. The number of aryl methyl sites for hydroxylation is 1. The Labute approximate surface area is 136 Å². The van der Waals surface area contributed by atoms with Gasteiger partial charge in [-0.25, -0.2) is 0 Å². The summed E-state index contributed by atoms with van der Waals surface area (Å²) in [5.74, 6) is 0. The van der Waals surface area contributed by atoms with Crippen molar-refractivity contribution in [3.05, 3.63) is 57.9 Å². The fraction of sp³-hybridized carbons (Fsp3) is 0.278. The summed E-state index contributed by atoms with van der Waals surface area (Å²) >= 11 is 5.90. The first-order valence-corrected chi connectivity index (χ1v) is 7.48. The van der Waals surface area contributed by atoms with Gasteiger partial charge in [0.1, 0.15) is 0 Å². The molecule has 0 fully saturated rings. The number of methoxy groups -OCH3 is 1. The number of nitriles is 1. The number of aromatic nitrogens is 1. The van der Waals surface area contributed by atoms with Gasteiger partial charge in [-0.05, 0) is 49.2 Å². The van der Waals surface area contributed by atoms with Crippen LogP contribution in [0.1, 0.15) is 22.5 Å². The van der Waals surface area contributed by atoms with E-state index in [-0.39, 0.29) is 0 Å². The molecule has 4 heteroatoms. The summed E-state index contributed by atoms with van der Waals surface area (Å²) < 4.78 is 7.35. The Morgan fingerprint density at radius 1 is 1.32 bits per heavy atom. The minimum Gasteiger partial charge on any atom is -0.383 e. The molecule has 0 radical (unpaired) electrons. The molecule has 0 saturated heterocycles. The van der Waals surface area contributed by atoms with Crippen LogP contribution in [0.5, 0.6) is 0 Å². The summed E-state index contributed by atoms with van der Waals surface area (Å²) in [6.45, 7) is 5.60. The second kappa shape index (κ2) is 7.31.